The van der Waals surface area contributed by atoms with Crippen molar-refractivity contribution in [3.63, 3.8) is 0 Å². The van der Waals surface area contributed by atoms with Gasteiger partial charge in [-0.15, -0.1) is 6.42 Å². The summed E-state index contributed by atoms with van der Waals surface area (Å²) < 4.78 is 25.7. The van der Waals surface area contributed by atoms with Gasteiger partial charge in [0.1, 0.15) is 13.2 Å². The molecule has 0 aliphatic rings. The van der Waals surface area contributed by atoms with E-state index in [1.807, 2.05) is 0 Å². The van der Waals surface area contributed by atoms with Crippen LogP contribution < -0.4 is 0 Å². The van der Waals surface area contributed by atoms with E-state index in [0.717, 1.165) is 0 Å². The Morgan fingerprint density at radius 2 is 1.22 bits per heavy atom. The van der Waals surface area contributed by atoms with Crippen LogP contribution in [0, 0.1) is 12.3 Å². The SMILES string of the molecule is C#CCOCCOCCOCCOCCOC=C. The van der Waals surface area contributed by atoms with Gasteiger partial charge in [-0.2, -0.15) is 0 Å². The summed E-state index contributed by atoms with van der Waals surface area (Å²) in [6, 6.07) is 0. The molecular weight excluding hydrogens is 236 g/mol. The molecule has 0 rings (SSSR count). The Morgan fingerprint density at radius 1 is 0.778 bits per heavy atom. The third-order valence-corrected chi connectivity index (χ3v) is 1.76. The van der Waals surface area contributed by atoms with Gasteiger partial charge in [-0.1, -0.05) is 12.5 Å². The minimum atomic E-state index is 0.326. The van der Waals surface area contributed by atoms with Crippen molar-refractivity contribution in [2.45, 2.75) is 0 Å². The number of rotatable bonds is 14. The van der Waals surface area contributed by atoms with Crippen LogP contribution in [0.25, 0.3) is 0 Å². The lowest BCUT2D eigenvalue weighted by molar-refractivity contribution is -0.00361. The van der Waals surface area contributed by atoms with Crippen molar-refractivity contribution >= 4 is 0 Å². The van der Waals surface area contributed by atoms with Crippen molar-refractivity contribution < 1.29 is 23.7 Å². The Labute approximate surface area is 109 Å². The smallest absolute Gasteiger partial charge is 0.111 e. The summed E-state index contributed by atoms with van der Waals surface area (Å²) in [4.78, 5) is 0. The number of terminal acetylenes is 1. The average molecular weight is 258 g/mol. The van der Waals surface area contributed by atoms with E-state index in [9.17, 15) is 0 Å². The van der Waals surface area contributed by atoms with Crippen LogP contribution in [0.2, 0.25) is 0 Å². The second kappa shape index (κ2) is 15.9. The molecule has 0 spiro atoms. The summed E-state index contributed by atoms with van der Waals surface area (Å²) in [7, 11) is 0. The predicted octanol–water partition coefficient (Wildman–Crippen LogP) is 0.846. The largest absolute Gasteiger partial charge is 0.499 e. The van der Waals surface area contributed by atoms with Gasteiger partial charge in [-0.25, -0.2) is 0 Å². The first-order valence-electron chi connectivity index (χ1n) is 5.88. The zero-order valence-corrected chi connectivity index (χ0v) is 10.8. The van der Waals surface area contributed by atoms with E-state index in [2.05, 4.69) is 12.5 Å². The van der Waals surface area contributed by atoms with Gasteiger partial charge in [0.05, 0.1) is 52.5 Å². The number of ether oxygens (including phenoxy) is 5. The molecule has 5 nitrogen and oxygen atoms in total. The van der Waals surface area contributed by atoms with Crippen LogP contribution in [0.1, 0.15) is 0 Å². The van der Waals surface area contributed by atoms with Crippen LogP contribution in [-0.2, 0) is 23.7 Å². The summed E-state index contributed by atoms with van der Waals surface area (Å²) in [5.74, 6) is 2.38. The van der Waals surface area contributed by atoms with Crippen LogP contribution in [0.3, 0.4) is 0 Å². The van der Waals surface area contributed by atoms with Gasteiger partial charge in [0.25, 0.3) is 0 Å². The monoisotopic (exact) mass is 258 g/mol. The summed E-state index contributed by atoms with van der Waals surface area (Å²) in [6.07, 6.45) is 6.41. The fourth-order valence-corrected chi connectivity index (χ4v) is 0.981. The molecule has 0 atom stereocenters. The Balaban J connectivity index is 2.90. The third-order valence-electron chi connectivity index (χ3n) is 1.76. The summed E-state index contributed by atoms with van der Waals surface area (Å²) in [5, 5.41) is 0. The van der Waals surface area contributed by atoms with E-state index >= 15 is 0 Å². The molecule has 0 aromatic rings. The van der Waals surface area contributed by atoms with Crippen molar-refractivity contribution in [1.29, 1.82) is 0 Å². The van der Waals surface area contributed by atoms with Gasteiger partial charge in [0, 0.05) is 0 Å². The molecule has 0 aliphatic heterocycles. The van der Waals surface area contributed by atoms with Gasteiger partial charge in [0.2, 0.25) is 0 Å². The Hall–Kier alpha value is -1.06. The molecule has 0 aliphatic carbocycles. The lowest BCUT2D eigenvalue weighted by Gasteiger charge is -2.06. The minimum Gasteiger partial charge on any atom is -0.499 e. The normalized spacial score (nSPS) is 9.94. The summed E-state index contributed by atoms with van der Waals surface area (Å²) in [5.41, 5.74) is 0. The molecule has 0 unspecified atom stereocenters. The minimum absolute atomic E-state index is 0.326. The Kier molecular flexibility index (Phi) is 15.0. The quantitative estimate of drug-likeness (QED) is 0.262. The van der Waals surface area contributed by atoms with Gasteiger partial charge in [-0.05, 0) is 0 Å². The van der Waals surface area contributed by atoms with Crippen LogP contribution in [0.4, 0.5) is 0 Å². The van der Waals surface area contributed by atoms with E-state index in [1.165, 1.54) is 6.26 Å². The molecule has 0 heterocycles. The zero-order valence-electron chi connectivity index (χ0n) is 10.8. The highest BCUT2D eigenvalue weighted by Crippen LogP contribution is 1.83. The molecule has 0 aromatic carbocycles. The fourth-order valence-electron chi connectivity index (χ4n) is 0.981. The molecule has 5 heteroatoms. The second-order valence-electron chi connectivity index (χ2n) is 3.13. The van der Waals surface area contributed by atoms with Gasteiger partial charge >= 0.3 is 0 Å². The molecule has 18 heavy (non-hydrogen) atoms. The van der Waals surface area contributed by atoms with E-state index in [0.29, 0.717) is 59.5 Å². The van der Waals surface area contributed by atoms with Crippen LogP contribution in [-0.4, -0.2) is 59.5 Å². The van der Waals surface area contributed by atoms with Crippen LogP contribution >= 0.6 is 0 Å². The Bertz CT molecular complexity index is 212. The van der Waals surface area contributed by atoms with Crippen molar-refractivity contribution in [3.8, 4) is 12.3 Å². The first-order valence-corrected chi connectivity index (χ1v) is 5.88. The Morgan fingerprint density at radius 3 is 1.67 bits per heavy atom. The van der Waals surface area contributed by atoms with Gasteiger partial charge in [-0.3, -0.25) is 0 Å². The van der Waals surface area contributed by atoms with Crippen LogP contribution in [0.5, 0.6) is 0 Å². The maximum atomic E-state index is 5.28. The highest BCUT2D eigenvalue weighted by atomic mass is 16.6. The van der Waals surface area contributed by atoms with Crippen molar-refractivity contribution in [1.82, 2.24) is 0 Å². The molecular formula is C13H22O5. The summed E-state index contributed by atoms with van der Waals surface area (Å²) >= 11 is 0. The highest BCUT2D eigenvalue weighted by molar-refractivity contribution is 4.82. The van der Waals surface area contributed by atoms with Crippen molar-refractivity contribution in [2.75, 3.05) is 59.5 Å². The van der Waals surface area contributed by atoms with Crippen molar-refractivity contribution in [2.24, 2.45) is 0 Å². The molecule has 0 saturated carbocycles. The molecule has 0 radical (unpaired) electrons. The third kappa shape index (κ3) is 14.9. The van der Waals surface area contributed by atoms with Crippen LogP contribution in [0.15, 0.2) is 12.8 Å². The second-order valence-corrected chi connectivity index (χ2v) is 3.13. The lowest BCUT2D eigenvalue weighted by Crippen LogP contribution is -2.12. The number of hydrogen-bond acceptors (Lipinski definition) is 5. The average Bonchev–Trinajstić information content (AvgIpc) is 2.39. The standard InChI is InChI=1S/C13H22O5/c1-3-5-15-8-9-17-12-13-18-11-10-16-7-6-14-4-2/h1,4H,2,5-13H2. The molecule has 0 saturated heterocycles. The summed E-state index contributed by atoms with van der Waals surface area (Å²) in [6.45, 7) is 8.03. The molecule has 0 fully saturated rings. The van der Waals surface area contributed by atoms with Gasteiger partial charge < -0.3 is 23.7 Å². The zero-order chi connectivity index (χ0) is 13.3. The lowest BCUT2D eigenvalue weighted by atomic mass is 10.7. The first-order chi connectivity index (χ1) is 8.91. The van der Waals surface area contributed by atoms with E-state index in [1.54, 1.807) is 0 Å². The molecule has 104 valence electrons. The first kappa shape index (κ1) is 16.9. The van der Waals surface area contributed by atoms with E-state index < -0.39 is 0 Å². The maximum absolute atomic E-state index is 5.28. The maximum Gasteiger partial charge on any atom is 0.111 e. The highest BCUT2D eigenvalue weighted by Gasteiger charge is 1.92. The fraction of sp³-hybridized carbons (Fsp3) is 0.692. The topological polar surface area (TPSA) is 46.2 Å². The van der Waals surface area contributed by atoms with E-state index in [-0.39, 0.29) is 0 Å². The predicted molar refractivity (Wildman–Crippen MR) is 68.3 cm³/mol. The number of hydrogen-bond donors (Lipinski definition) is 0. The molecule has 0 amide bonds. The molecule has 0 bridgehead atoms. The molecule has 0 aromatic heterocycles. The van der Waals surface area contributed by atoms with Crippen molar-refractivity contribution in [3.05, 3.63) is 12.8 Å². The van der Waals surface area contributed by atoms with Gasteiger partial charge in [0.15, 0.2) is 0 Å². The molecule has 0 N–H and O–H groups in total. The van der Waals surface area contributed by atoms with E-state index in [4.69, 9.17) is 30.1 Å².